The van der Waals surface area contributed by atoms with Gasteiger partial charge in [-0.1, -0.05) is 32.9 Å². The van der Waals surface area contributed by atoms with Gasteiger partial charge in [-0.2, -0.15) is 0 Å². The minimum atomic E-state index is -0.0171. The minimum Gasteiger partial charge on any atom is -0.493 e. The number of benzene rings is 1. The number of aromatic nitrogens is 1. The Kier molecular flexibility index (Phi) is 5.66. The van der Waals surface area contributed by atoms with E-state index in [9.17, 15) is 0 Å². The van der Waals surface area contributed by atoms with Gasteiger partial charge in [-0.15, -0.1) is 0 Å². The lowest BCUT2D eigenvalue weighted by Crippen LogP contribution is -2.24. The molecule has 2 rings (SSSR count). The maximum atomic E-state index is 5.81. The molecule has 0 aliphatic carbocycles. The van der Waals surface area contributed by atoms with Gasteiger partial charge in [0.25, 0.3) is 0 Å². The summed E-state index contributed by atoms with van der Waals surface area (Å²) in [5.74, 6) is 3.15. The first-order chi connectivity index (χ1) is 10.9. The molecule has 0 saturated heterocycles. The van der Waals surface area contributed by atoms with Gasteiger partial charge in [0.1, 0.15) is 12.4 Å². The molecule has 0 aliphatic heterocycles. The van der Waals surface area contributed by atoms with Crippen molar-refractivity contribution in [3.8, 4) is 11.5 Å². The van der Waals surface area contributed by atoms with E-state index >= 15 is 0 Å². The molecular weight excluding hydrogens is 292 g/mol. The van der Waals surface area contributed by atoms with Crippen LogP contribution in [0.25, 0.3) is 0 Å². The van der Waals surface area contributed by atoms with Gasteiger partial charge in [0.15, 0.2) is 11.5 Å². The number of likely N-dealkylation sites (N-methyl/N-ethyl adjacent to an activating group) is 1. The van der Waals surface area contributed by atoms with Gasteiger partial charge in [0.2, 0.25) is 5.89 Å². The molecule has 23 heavy (non-hydrogen) atoms. The van der Waals surface area contributed by atoms with Crippen LogP contribution in [0, 0.1) is 0 Å². The molecule has 0 atom stereocenters. The Balaban J connectivity index is 1.81. The van der Waals surface area contributed by atoms with Crippen LogP contribution in [0.1, 0.15) is 32.4 Å². The third-order valence-corrected chi connectivity index (χ3v) is 3.50. The van der Waals surface area contributed by atoms with Crippen molar-refractivity contribution >= 4 is 0 Å². The van der Waals surface area contributed by atoms with Gasteiger partial charge in [0, 0.05) is 12.0 Å². The van der Waals surface area contributed by atoms with Crippen molar-refractivity contribution in [1.29, 1.82) is 0 Å². The highest BCUT2D eigenvalue weighted by Gasteiger charge is 2.19. The van der Waals surface area contributed by atoms with E-state index in [0.717, 1.165) is 29.7 Å². The Morgan fingerprint density at radius 3 is 2.48 bits per heavy atom. The molecule has 0 aliphatic rings. The third-order valence-electron chi connectivity index (χ3n) is 3.50. The van der Waals surface area contributed by atoms with Gasteiger partial charge in [0.05, 0.1) is 19.9 Å². The SMILES string of the molecule is COc1ccccc1OCCN(C)Cc1ncc(C(C)(C)C)o1. The van der Waals surface area contributed by atoms with Crippen molar-refractivity contribution in [3.05, 3.63) is 42.1 Å². The zero-order valence-corrected chi connectivity index (χ0v) is 14.6. The second-order valence-corrected chi connectivity index (χ2v) is 6.61. The van der Waals surface area contributed by atoms with Gasteiger partial charge in [-0.05, 0) is 19.2 Å². The van der Waals surface area contributed by atoms with Crippen LogP contribution in [0.4, 0.5) is 0 Å². The van der Waals surface area contributed by atoms with Crippen LogP contribution in [-0.2, 0) is 12.0 Å². The lowest BCUT2D eigenvalue weighted by molar-refractivity contribution is 0.211. The minimum absolute atomic E-state index is 0.0171. The van der Waals surface area contributed by atoms with Crippen molar-refractivity contribution in [1.82, 2.24) is 9.88 Å². The number of oxazole rings is 1. The van der Waals surface area contributed by atoms with E-state index in [-0.39, 0.29) is 5.41 Å². The van der Waals surface area contributed by atoms with Crippen LogP contribution in [0.2, 0.25) is 0 Å². The fraction of sp³-hybridized carbons (Fsp3) is 0.500. The lowest BCUT2D eigenvalue weighted by Gasteiger charge is -2.16. The molecule has 0 spiro atoms. The molecule has 1 aromatic heterocycles. The summed E-state index contributed by atoms with van der Waals surface area (Å²) in [6.07, 6.45) is 1.81. The van der Waals surface area contributed by atoms with Crippen LogP contribution < -0.4 is 9.47 Å². The van der Waals surface area contributed by atoms with Crippen LogP contribution in [-0.4, -0.2) is 37.2 Å². The average molecular weight is 318 g/mol. The summed E-state index contributed by atoms with van der Waals surface area (Å²) in [4.78, 5) is 6.47. The maximum absolute atomic E-state index is 5.81. The van der Waals surface area contributed by atoms with Crippen molar-refractivity contribution in [3.63, 3.8) is 0 Å². The number of hydrogen-bond acceptors (Lipinski definition) is 5. The van der Waals surface area contributed by atoms with Crippen molar-refractivity contribution in [2.24, 2.45) is 0 Å². The predicted octanol–water partition coefficient (Wildman–Crippen LogP) is 3.49. The fourth-order valence-corrected chi connectivity index (χ4v) is 2.09. The second kappa shape index (κ2) is 7.51. The van der Waals surface area contributed by atoms with E-state index in [1.165, 1.54) is 0 Å². The molecule has 5 heteroatoms. The number of methoxy groups -OCH3 is 1. The van der Waals surface area contributed by atoms with Crippen LogP contribution >= 0.6 is 0 Å². The van der Waals surface area contributed by atoms with Gasteiger partial charge in [-0.3, -0.25) is 4.90 Å². The second-order valence-electron chi connectivity index (χ2n) is 6.61. The largest absolute Gasteiger partial charge is 0.493 e. The van der Waals surface area contributed by atoms with Crippen LogP contribution in [0.3, 0.4) is 0 Å². The zero-order chi connectivity index (χ0) is 16.9. The molecule has 0 fully saturated rings. The molecule has 0 amide bonds. The summed E-state index contributed by atoms with van der Waals surface area (Å²) in [5, 5.41) is 0. The number of hydrogen-bond donors (Lipinski definition) is 0. The molecule has 5 nitrogen and oxygen atoms in total. The first-order valence-corrected chi connectivity index (χ1v) is 7.79. The molecule has 0 radical (unpaired) electrons. The van der Waals surface area contributed by atoms with E-state index in [1.807, 2.05) is 37.5 Å². The van der Waals surface area contributed by atoms with Gasteiger partial charge < -0.3 is 13.9 Å². The Morgan fingerprint density at radius 1 is 1.17 bits per heavy atom. The summed E-state index contributed by atoms with van der Waals surface area (Å²) >= 11 is 0. The molecule has 0 unspecified atom stereocenters. The van der Waals surface area contributed by atoms with Crippen molar-refractivity contribution < 1.29 is 13.9 Å². The Bertz CT molecular complexity index is 617. The summed E-state index contributed by atoms with van der Waals surface area (Å²) in [6.45, 7) is 8.34. The normalized spacial score (nSPS) is 11.7. The number of nitrogens with zero attached hydrogens (tertiary/aromatic N) is 2. The molecule has 1 heterocycles. The van der Waals surface area contributed by atoms with E-state index < -0.39 is 0 Å². The number of rotatable bonds is 7. The quantitative estimate of drug-likeness (QED) is 0.782. The highest BCUT2D eigenvalue weighted by molar-refractivity contribution is 5.39. The Hall–Kier alpha value is -2.01. The standard InChI is InChI=1S/C18H26N2O3/c1-18(2,3)16-12-19-17(23-16)13-20(4)10-11-22-15-9-7-6-8-14(15)21-5/h6-9,12H,10-11,13H2,1-5H3. The molecule has 1 aromatic carbocycles. The Labute approximate surface area is 138 Å². The number of ether oxygens (including phenoxy) is 2. The summed E-state index contributed by atoms with van der Waals surface area (Å²) in [6, 6.07) is 7.65. The van der Waals surface area contributed by atoms with E-state index in [1.54, 1.807) is 7.11 Å². The van der Waals surface area contributed by atoms with E-state index in [0.29, 0.717) is 13.2 Å². The van der Waals surface area contributed by atoms with Crippen LogP contribution in [0.15, 0.2) is 34.9 Å². The molecule has 2 aromatic rings. The highest BCUT2D eigenvalue weighted by atomic mass is 16.5. The zero-order valence-electron chi connectivity index (χ0n) is 14.6. The van der Waals surface area contributed by atoms with Crippen LogP contribution in [0.5, 0.6) is 11.5 Å². The first kappa shape index (κ1) is 17.3. The number of para-hydroxylation sites is 2. The van der Waals surface area contributed by atoms with Gasteiger partial charge >= 0.3 is 0 Å². The predicted molar refractivity (Wildman–Crippen MR) is 90.0 cm³/mol. The molecule has 0 saturated carbocycles. The van der Waals surface area contributed by atoms with Crippen molar-refractivity contribution in [2.75, 3.05) is 27.3 Å². The lowest BCUT2D eigenvalue weighted by atomic mass is 9.94. The van der Waals surface area contributed by atoms with Crippen molar-refractivity contribution in [2.45, 2.75) is 32.7 Å². The third kappa shape index (κ3) is 4.99. The Morgan fingerprint density at radius 2 is 1.87 bits per heavy atom. The summed E-state index contributed by atoms with van der Waals surface area (Å²) < 4.78 is 16.9. The topological polar surface area (TPSA) is 47.7 Å². The molecule has 126 valence electrons. The monoisotopic (exact) mass is 318 g/mol. The smallest absolute Gasteiger partial charge is 0.208 e. The molecule has 0 bridgehead atoms. The molecular formula is C18H26N2O3. The fourth-order valence-electron chi connectivity index (χ4n) is 2.09. The molecule has 0 N–H and O–H groups in total. The first-order valence-electron chi connectivity index (χ1n) is 7.79. The summed E-state index contributed by atoms with van der Waals surface area (Å²) in [7, 11) is 3.66. The highest BCUT2D eigenvalue weighted by Crippen LogP contribution is 2.25. The van der Waals surface area contributed by atoms with Gasteiger partial charge in [-0.25, -0.2) is 4.98 Å². The average Bonchev–Trinajstić information content (AvgIpc) is 2.96. The maximum Gasteiger partial charge on any atom is 0.208 e. The van der Waals surface area contributed by atoms with E-state index in [2.05, 4.69) is 30.7 Å². The summed E-state index contributed by atoms with van der Waals surface area (Å²) in [5.41, 5.74) is -0.0171. The van der Waals surface area contributed by atoms with E-state index in [4.69, 9.17) is 13.9 Å².